The number of esters is 1. The zero-order valence-electron chi connectivity index (χ0n) is 23.5. The van der Waals surface area contributed by atoms with Crippen LogP contribution in [0.4, 0.5) is 4.39 Å². The molecule has 0 unspecified atom stereocenters. The fourth-order valence-corrected chi connectivity index (χ4v) is 7.97. The van der Waals surface area contributed by atoms with Crippen LogP contribution in [0.25, 0.3) is 0 Å². The molecule has 2 heterocycles. The SMILES string of the molecule is CCOC(=O)C1(C2CCCCC2)CCN(C(=O)[C@@H](Cc2ccc(F)cc2)NC(=O)[C@@H]2C[C@H]3C[C@@H]2N(C)C3)CC1. The molecule has 8 heteroatoms. The third-order valence-corrected chi connectivity index (χ3v) is 10.1. The molecule has 1 aromatic carbocycles. The number of fused-ring (bicyclic) bond motifs is 2. The average Bonchev–Trinajstić information content (AvgIpc) is 3.54. The summed E-state index contributed by atoms with van der Waals surface area (Å²) in [7, 11) is 2.07. The molecule has 0 aromatic heterocycles. The molecule has 7 nitrogen and oxygen atoms in total. The summed E-state index contributed by atoms with van der Waals surface area (Å²) in [6, 6.07) is 5.64. The molecule has 2 saturated carbocycles. The Kier molecular flexibility index (Phi) is 8.60. The smallest absolute Gasteiger partial charge is 0.312 e. The van der Waals surface area contributed by atoms with E-state index in [1.807, 2.05) is 11.8 Å². The first kappa shape index (κ1) is 28.1. The van der Waals surface area contributed by atoms with E-state index >= 15 is 0 Å². The zero-order valence-corrected chi connectivity index (χ0v) is 23.5. The van der Waals surface area contributed by atoms with Crippen LogP contribution in [0.5, 0.6) is 0 Å². The lowest BCUT2D eigenvalue weighted by Crippen LogP contribution is -2.57. The summed E-state index contributed by atoms with van der Waals surface area (Å²) >= 11 is 0. The summed E-state index contributed by atoms with van der Waals surface area (Å²) in [4.78, 5) is 44.7. The van der Waals surface area contributed by atoms with Crippen molar-refractivity contribution in [2.45, 2.75) is 83.2 Å². The van der Waals surface area contributed by atoms with Crippen LogP contribution in [0.3, 0.4) is 0 Å². The summed E-state index contributed by atoms with van der Waals surface area (Å²) in [6.45, 7) is 4.19. The van der Waals surface area contributed by atoms with Gasteiger partial charge in [0.1, 0.15) is 11.9 Å². The van der Waals surface area contributed by atoms with E-state index in [4.69, 9.17) is 4.74 Å². The van der Waals surface area contributed by atoms with Crippen molar-refractivity contribution in [3.63, 3.8) is 0 Å². The van der Waals surface area contributed by atoms with Gasteiger partial charge in [-0.15, -0.1) is 0 Å². The molecule has 4 aliphatic rings. The second-order valence-corrected chi connectivity index (χ2v) is 12.4. The molecule has 4 fully saturated rings. The van der Waals surface area contributed by atoms with Gasteiger partial charge in [-0.05, 0) is 82.0 Å². The zero-order chi connectivity index (χ0) is 27.6. The number of ether oxygens (including phenoxy) is 1. The molecular weight excluding hydrogens is 497 g/mol. The number of hydrogen-bond donors (Lipinski definition) is 1. The summed E-state index contributed by atoms with van der Waals surface area (Å²) in [5.74, 6) is 0.110. The van der Waals surface area contributed by atoms with Crippen LogP contribution in [-0.4, -0.2) is 73.0 Å². The molecule has 5 rings (SSSR count). The second-order valence-electron chi connectivity index (χ2n) is 12.4. The van der Waals surface area contributed by atoms with E-state index in [1.54, 1.807) is 12.1 Å². The van der Waals surface area contributed by atoms with E-state index in [2.05, 4.69) is 17.3 Å². The van der Waals surface area contributed by atoms with Gasteiger partial charge in [0, 0.05) is 32.1 Å². The molecule has 1 aromatic rings. The molecule has 0 spiro atoms. The molecule has 4 atom stereocenters. The van der Waals surface area contributed by atoms with Crippen LogP contribution >= 0.6 is 0 Å². The quantitative estimate of drug-likeness (QED) is 0.505. The third kappa shape index (κ3) is 5.86. The van der Waals surface area contributed by atoms with E-state index in [9.17, 15) is 18.8 Å². The number of nitrogens with one attached hydrogen (secondary N) is 1. The molecule has 2 bridgehead atoms. The Bertz CT molecular complexity index is 1030. The van der Waals surface area contributed by atoms with Crippen molar-refractivity contribution in [3.05, 3.63) is 35.6 Å². The minimum Gasteiger partial charge on any atom is -0.466 e. The number of hydrogen-bond acceptors (Lipinski definition) is 5. The molecule has 2 saturated heterocycles. The van der Waals surface area contributed by atoms with Crippen LogP contribution in [0.1, 0.15) is 70.3 Å². The van der Waals surface area contributed by atoms with Crippen LogP contribution in [0.15, 0.2) is 24.3 Å². The lowest BCUT2D eigenvalue weighted by molar-refractivity contribution is -0.166. The Hall–Kier alpha value is -2.48. The summed E-state index contributed by atoms with van der Waals surface area (Å²) in [5.41, 5.74) is 0.275. The maximum Gasteiger partial charge on any atom is 0.312 e. The van der Waals surface area contributed by atoms with Gasteiger partial charge < -0.3 is 19.9 Å². The van der Waals surface area contributed by atoms with Crippen molar-refractivity contribution in [1.29, 1.82) is 0 Å². The monoisotopic (exact) mass is 541 g/mol. The number of rotatable bonds is 8. The van der Waals surface area contributed by atoms with E-state index in [0.717, 1.165) is 50.6 Å². The van der Waals surface area contributed by atoms with Gasteiger partial charge in [-0.3, -0.25) is 14.4 Å². The molecule has 2 aliphatic heterocycles. The van der Waals surface area contributed by atoms with Crippen LogP contribution in [-0.2, 0) is 25.5 Å². The van der Waals surface area contributed by atoms with Crippen molar-refractivity contribution in [3.8, 4) is 0 Å². The fraction of sp³-hybridized carbons (Fsp3) is 0.710. The summed E-state index contributed by atoms with van der Waals surface area (Å²) in [5, 5.41) is 3.11. The minimum atomic E-state index is -0.725. The second kappa shape index (κ2) is 11.9. The molecule has 2 aliphatic carbocycles. The van der Waals surface area contributed by atoms with Gasteiger partial charge in [0.2, 0.25) is 11.8 Å². The number of carbonyl (C=O) groups excluding carboxylic acids is 3. The number of benzene rings is 1. The highest BCUT2D eigenvalue weighted by molar-refractivity contribution is 5.89. The number of halogens is 1. The maximum absolute atomic E-state index is 13.9. The van der Waals surface area contributed by atoms with Crippen molar-refractivity contribution >= 4 is 17.8 Å². The Morgan fingerprint density at radius 3 is 2.38 bits per heavy atom. The lowest BCUT2D eigenvalue weighted by Gasteiger charge is -2.46. The molecule has 0 radical (unpaired) electrons. The Morgan fingerprint density at radius 2 is 1.77 bits per heavy atom. The third-order valence-electron chi connectivity index (χ3n) is 10.1. The molecule has 2 amide bonds. The van der Waals surface area contributed by atoms with Crippen LogP contribution in [0.2, 0.25) is 0 Å². The molecular formula is C31H44FN3O4. The Morgan fingerprint density at radius 1 is 1.08 bits per heavy atom. The normalized spacial score (nSPS) is 27.8. The molecule has 214 valence electrons. The molecule has 1 N–H and O–H groups in total. The van der Waals surface area contributed by atoms with E-state index in [-0.39, 0.29) is 35.6 Å². The largest absolute Gasteiger partial charge is 0.466 e. The van der Waals surface area contributed by atoms with Crippen LogP contribution < -0.4 is 5.32 Å². The van der Waals surface area contributed by atoms with Gasteiger partial charge in [0.25, 0.3) is 0 Å². The number of likely N-dealkylation sites (tertiary alicyclic amines) is 2. The summed E-state index contributed by atoms with van der Waals surface area (Å²) in [6.07, 6.45) is 8.96. The van der Waals surface area contributed by atoms with Crippen molar-refractivity contribution in [1.82, 2.24) is 15.1 Å². The van der Waals surface area contributed by atoms with E-state index < -0.39 is 11.5 Å². The van der Waals surface area contributed by atoms with Crippen molar-refractivity contribution < 1.29 is 23.5 Å². The fourth-order valence-electron chi connectivity index (χ4n) is 7.97. The average molecular weight is 542 g/mol. The Labute approximate surface area is 231 Å². The first-order chi connectivity index (χ1) is 18.8. The van der Waals surface area contributed by atoms with E-state index in [0.29, 0.717) is 50.8 Å². The number of carbonyl (C=O) groups is 3. The van der Waals surface area contributed by atoms with Gasteiger partial charge in [-0.2, -0.15) is 0 Å². The predicted molar refractivity (Wildman–Crippen MR) is 146 cm³/mol. The summed E-state index contributed by atoms with van der Waals surface area (Å²) < 4.78 is 19.1. The van der Waals surface area contributed by atoms with Gasteiger partial charge in [0.15, 0.2) is 0 Å². The first-order valence-corrected chi connectivity index (χ1v) is 15.0. The Balaban J connectivity index is 1.30. The van der Waals surface area contributed by atoms with Gasteiger partial charge >= 0.3 is 5.97 Å². The van der Waals surface area contributed by atoms with Crippen LogP contribution in [0, 0.1) is 29.0 Å². The number of nitrogens with zero attached hydrogens (tertiary/aromatic N) is 2. The maximum atomic E-state index is 13.9. The number of amides is 2. The van der Waals surface area contributed by atoms with Crippen molar-refractivity contribution in [2.75, 3.05) is 33.3 Å². The standard InChI is InChI=1S/C31H44FN3O4/c1-3-39-30(38)31(23-7-5-4-6-8-23)13-15-35(16-14-31)29(37)26(18-21-9-11-24(32)12-10-21)33-28(36)25-17-22-19-27(25)34(2)20-22/h9-12,22-23,25-27H,3-8,13-20H2,1-2H3,(H,33,36)/t22-,25+,26+,27-/m0/s1. The molecule has 39 heavy (non-hydrogen) atoms. The topological polar surface area (TPSA) is 79.0 Å². The first-order valence-electron chi connectivity index (χ1n) is 15.0. The highest BCUT2D eigenvalue weighted by Gasteiger charge is 2.50. The minimum absolute atomic E-state index is 0.0606. The lowest BCUT2D eigenvalue weighted by atomic mass is 9.63. The van der Waals surface area contributed by atoms with Gasteiger partial charge in [-0.25, -0.2) is 4.39 Å². The van der Waals surface area contributed by atoms with Crippen molar-refractivity contribution in [2.24, 2.45) is 23.2 Å². The number of piperidine rings is 2. The predicted octanol–water partition coefficient (Wildman–Crippen LogP) is 3.95. The van der Waals surface area contributed by atoms with Gasteiger partial charge in [-0.1, -0.05) is 31.4 Å². The highest BCUT2D eigenvalue weighted by Crippen LogP contribution is 2.47. The highest BCUT2D eigenvalue weighted by atomic mass is 19.1. The van der Waals surface area contributed by atoms with E-state index in [1.165, 1.54) is 18.6 Å². The van der Waals surface area contributed by atoms with Gasteiger partial charge in [0.05, 0.1) is 17.9 Å².